The van der Waals surface area contributed by atoms with Gasteiger partial charge in [0.25, 0.3) is 0 Å². The number of para-hydroxylation sites is 1. The topological polar surface area (TPSA) is 105 Å². The number of anilines is 1. The van der Waals surface area contributed by atoms with E-state index in [9.17, 15) is 19.5 Å². The van der Waals surface area contributed by atoms with Crippen molar-refractivity contribution in [3.63, 3.8) is 0 Å². The monoisotopic (exact) mass is 564 g/mol. The van der Waals surface area contributed by atoms with Gasteiger partial charge in [-0.25, -0.2) is 4.79 Å². The van der Waals surface area contributed by atoms with Gasteiger partial charge in [0.05, 0.1) is 6.61 Å². The molecule has 0 fully saturated rings. The summed E-state index contributed by atoms with van der Waals surface area (Å²) in [4.78, 5) is 37.2. The van der Waals surface area contributed by atoms with Crippen LogP contribution in [0.2, 0.25) is 0 Å². The number of carboxylic acid groups (broad SMARTS) is 1. The van der Waals surface area contributed by atoms with E-state index in [4.69, 9.17) is 4.74 Å². The van der Waals surface area contributed by atoms with Crippen LogP contribution in [0.15, 0.2) is 109 Å². The normalized spacial score (nSPS) is 11.3. The maximum atomic E-state index is 13.0. The van der Waals surface area contributed by atoms with Crippen LogP contribution in [0.5, 0.6) is 5.75 Å². The molecule has 0 aliphatic rings. The molecule has 216 valence electrons. The molecule has 0 bridgehead atoms. The van der Waals surface area contributed by atoms with Gasteiger partial charge in [0, 0.05) is 36.2 Å². The van der Waals surface area contributed by atoms with Crippen molar-refractivity contribution in [3.8, 4) is 5.75 Å². The Hall–Kier alpha value is -4.91. The minimum Gasteiger partial charge on any atom is -0.494 e. The lowest BCUT2D eigenvalue weighted by molar-refractivity contribution is -0.137. The summed E-state index contributed by atoms with van der Waals surface area (Å²) in [7, 11) is 0. The largest absolute Gasteiger partial charge is 0.494 e. The van der Waals surface area contributed by atoms with E-state index in [1.54, 1.807) is 48.5 Å². The van der Waals surface area contributed by atoms with Crippen LogP contribution in [-0.4, -0.2) is 42.0 Å². The quantitative estimate of drug-likeness (QED) is 0.115. The molecule has 4 aromatic carbocycles. The van der Waals surface area contributed by atoms with Gasteiger partial charge < -0.3 is 20.5 Å². The van der Waals surface area contributed by atoms with Crippen LogP contribution in [0, 0.1) is 0 Å². The van der Waals surface area contributed by atoms with Crippen molar-refractivity contribution in [2.75, 3.05) is 18.5 Å². The molecule has 0 spiro atoms. The Morgan fingerprint density at radius 1 is 0.738 bits per heavy atom. The van der Waals surface area contributed by atoms with Gasteiger partial charge >= 0.3 is 5.97 Å². The number of aliphatic carboxylic acids is 1. The highest BCUT2D eigenvalue weighted by Gasteiger charge is 2.21. The molecule has 1 unspecified atom stereocenters. The maximum absolute atomic E-state index is 13.0. The van der Waals surface area contributed by atoms with E-state index in [2.05, 4.69) is 22.8 Å². The molecule has 0 saturated carbocycles. The molecule has 0 saturated heterocycles. The lowest BCUT2D eigenvalue weighted by Crippen LogP contribution is -2.32. The highest BCUT2D eigenvalue weighted by atomic mass is 16.5. The highest BCUT2D eigenvalue weighted by Crippen LogP contribution is 2.22. The number of rotatable bonds is 16. The number of amides is 1. The van der Waals surface area contributed by atoms with Crippen molar-refractivity contribution >= 4 is 23.3 Å². The Labute approximate surface area is 246 Å². The summed E-state index contributed by atoms with van der Waals surface area (Å²) in [6.07, 6.45) is 3.10. The number of hydrogen-bond acceptors (Lipinski definition) is 5. The van der Waals surface area contributed by atoms with E-state index >= 15 is 0 Å². The van der Waals surface area contributed by atoms with Gasteiger partial charge in [-0.3, -0.25) is 9.59 Å². The molecule has 0 aromatic heterocycles. The number of ketones is 1. The van der Waals surface area contributed by atoms with Crippen molar-refractivity contribution in [1.29, 1.82) is 0 Å². The van der Waals surface area contributed by atoms with Crippen LogP contribution < -0.4 is 15.4 Å². The van der Waals surface area contributed by atoms with Crippen molar-refractivity contribution in [2.24, 2.45) is 0 Å². The zero-order chi connectivity index (χ0) is 29.6. The molecule has 4 rings (SSSR count). The van der Waals surface area contributed by atoms with Gasteiger partial charge in [-0.1, -0.05) is 84.9 Å². The molecule has 0 radical (unpaired) electrons. The molecule has 0 aliphatic heterocycles. The molecule has 4 aromatic rings. The zero-order valence-corrected chi connectivity index (χ0v) is 23.5. The Balaban J connectivity index is 1.21. The van der Waals surface area contributed by atoms with Gasteiger partial charge in [-0.05, 0) is 54.7 Å². The minimum atomic E-state index is -1.01. The summed E-state index contributed by atoms with van der Waals surface area (Å²) < 4.78 is 5.79. The smallest absolute Gasteiger partial charge is 0.326 e. The number of benzene rings is 4. The second kappa shape index (κ2) is 15.8. The molecular formula is C35H36N2O5. The third kappa shape index (κ3) is 9.34. The molecule has 1 atom stereocenters. The third-order valence-electron chi connectivity index (χ3n) is 6.82. The van der Waals surface area contributed by atoms with Crippen molar-refractivity contribution in [3.05, 3.63) is 131 Å². The number of ether oxygens (including phenoxy) is 1. The fourth-order valence-electron chi connectivity index (χ4n) is 4.57. The average molecular weight is 565 g/mol. The Morgan fingerprint density at radius 2 is 1.40 bits per heavy atom. The molecule has 3 N–H and O–H groups in total. The van der Waals surface area contributed by atoms with E-state index in [0.29, 0.717) is 48.6 Å². The van der Waals surface area contributed by atoms with Crippen molar-refractivity contribution < 1.29 is 24.2 Å². The van der Waals surface area contributed by atoms with E-state index in [1.807, 2.05) is 48.5 Å². The number of nitrogens with one attached hydrogen (secondary N) is 2. The first kappa shape index (κ1) is 30.1. The standard InChI is InChI=1S/C35H36N2O5/c38-33(18-9-13-26-11-3-1-4-12-26)36-23-10-24-42-29-21-19-27(20-22-29)25-32(35(40)41)37-31-17-8-7-16-30(31)34(39)28-14-5-2-6-15-28/h1-8,11-12,14-17,19-22,32,37H,9-10,13,18,23-25H2,(H,36,38)(H,40,41). The maximum Gasteiger partial charge on any atom is 0.326 e. The van der Waals surface area contributed by atoms with Crippen LogP contribution in [0.3, 0.4) is 0 Å². The van der Waals surface area contributed by atoms with Gasteiger partial charge in [0.1, 0.15) is 11.8 Å². The summed E-state index contributed by atoms with van der Waals surface area (Å²) in [5, 5.41) is 15.9. The molecule has 0 heterocycles. The molecular weight excluding hydrogens is 528 g/mol. The van der Waals surface area contributed by atoms with E-state index < -0.39 is 12.0 Å². The number of carboxylic acids is 1. The lowest BCUT2D eigenvalue weighted by Gasteiger charge is -2.18. The van der Waals surface area contributed by atoms with Crippen LogP contribution >= 0.6 is 0 Å². The van der Waals surface area contributed by atoms with E-state index in [1.165, 1.54) is 5.56 Å². The average Bonchev–Trinajstić information content (AvgIpc) is 3.02. The van der Waals surface area contributed by atoms with E-state index in [0.717, 1.165) is 18.4 Å². The molecule has 42 heavy (non-hydrogen) atoms. The van der Waals surface area contributed by atoms with Gasteiger partial charge in [0.2, 0.25) is 5.91 Å². The third-order valence-corrected chi connectivity index (χ3v) is 6.82. The van der Waals surface area contributed by atoms with Crippen molar-refractivity contribution in [1.82, 2.24) is 5.32 Å². The lowest BCUT2D eigenvalue weighted by atomic mass is 10.00. The van der Waals surface area contributed by atoms with Crippen LogP contribution in [0.4, 0.5) is 5.69 Å². The minimum absolute atomic E-state index is 0.0453. The first-order valence-electron chi connectivity index (χ1n) is 14.2. The molecule has 7 nitrogen and oxygen atoms in total. The van der Waals surface area contributed by atoms with E-state index in [-0.39, 0.29) is 18.1 Å². The Bertz CT molecular complexity index is 1440. The number of carbonyl (C=O) groups is 3. The predicted molar refractivity (Wildman–Crippen MR) is 164 cm³/mol. The second-order valence-electron chi connectivity index (χ2n) is 10.0. The molecule has 0 aliphatic carbocycles. The summed E-state index contributed by atoms with van der Waals surface area (Å²) >= 11 is 0. The molecule has 1 amide bonds. The second-order valence-corrected chi connectivity index (χ2v) is 10.0. The first-order chi connectivity index (χ1) is 20.5. The van der Waals surface area contributed by atoms with Gasteiger partial charge in [0.15, 0.2) is 5.78 Å². The summed E-state index contributed by atoms with van der Waals surface area (Å²) in [5.41, 5.74) is 3.48. The summed E-state index contributed by atoms with van der Waals surface area (Å²) in [6.45, 7) is 0.998. The fraction of sp³-hybridized carbons (Fsp3) is 0.229. The SMILES string of the molecule is O=C(CCCc1ccccc1)NCCCOc1ccc(CC(Nc2ccccc2C(=O)c2ccccc2)C(=O)O)cc1. The van der Waals surface area contributed by atoms with Gasteiger partial charge in [-0.15, -0.1) is 0 Å². The number of carbonyl (C=O) groups excluding carboxylic acids is 2. The van der Waals surface area contributed by atoms with Crippen LogP contribution in [0.25, 0.3) is 0 Å². The first-order valence-corrected chi connectivity index (χ1v) is 14.2. The number of hydrogen-bond donors (Lipinski definition) is 3. The Morgan fingerprint density at radius 3 is 2.12 bits per heavy atom. The van der Waals surface area contributed by atoms with Crippen LogP contribution in [-0.2, 0) is 22.4 Å². The molecule has 7 heteroatoms. The van der Waals surface area contributed by atoms with Gasteiger partial charge in [-0.2, -0.15) is 0 Å². The zero-order valence-electron chi connectivity index (χ0n) is 23.5. The van der Waals surface area contributed by atoms with Crippen molar-refractivity contribution in [2.45, 2.75) is 38.1 Å². The predicted octanol–water partition coefficient (Wildman–Crippen LogP) is 5.93. The van der Waals surface area contributed by atoms with Crippen LogP contribution in [0.1, 0.15) is 46.3 Å². The highest BCUT2D eigenvalue weighted by molar-refractivity contribution is 6.12. The fourth-order valence-corrected chi connectivity index (χ4v) is 4.57. The summed E-state index contributed by atoms with van der Waals surface area (Å²) in [6, 6.07) is 32.3. The Kier molecular flexibility index (Phi) is 11.3. The number of aryl methyl sites for hydroxylation is 1. The summed E-state index contributed by atoms with van der Waals surface area (Å²) in [5.74, 6) is -0.470.